The van der Waals surface area contributed by atoms with Gasteiger partial charge in [0, 0.05) is 24.9 Å². The highest BCUT2D eigenvalue weighted by Gasteiger charge is 2.40. The van der Waals surface area contributed by atoms with E-state index in [1.54, 1.807) is 13.0 Å². The van der Waals surface area contributed by atoms with E-state index >= 15 is 4.39 Å². The number of carbonyl (C=O) groups is 3. The zero-order valence-electron chi connectivity index (χ0n) is 22.4. The fraction of sp³-hybridized carbons (Fsp3) is 0.516. The van der Waals surface area contributed by atoms with E-state index in [9.17, 15) is 19.5 Å². The highest BCUT2D eigenvalue weighted by atomic mass is 19.1. The summed E-state index contributed by atoms with van der Waals surface area (Å²) in [5.74, 6) is -0.837. The molecule has 2 aromatic rings. The van der Waals surface area contributed by atoms with Gasteiger partial charge in [-0.25, -0.2) is 4.39 Å². The van der Waals surface area contributed by atoms with Crippen molar-refractivity contribution in [2.24, 2.45) is 17.8 Å². The molecule has 5 rings (SSSR count). The van der Waals surface area contributed by atoms with Crippen LogP contribution in [0.25, 0.3) is 0 Å². The van der Waals surface area contributed by atoms with Gasteiger partial charge in [0.05, 0.1) is 23.4 Å². The van der Waals surface area contributed by atoms with E-state index in [2.05, 4.69) is 10.6 Å². The van der Waals surface area contributed by atoms with E-state index in [4.69, 9.17) is 0 Å². The van der Waals surface area contributed by atoms with Crippen LogP contribution in [0.1, 0.15) is 67.8 Å². The minimum atomic E-state index is -1.03. The molecule has 8 heteroatoms. The maximum atomic E-state index is 15.4. The van der Waals surface area contributed by atoms with Crippen molar-refractivity contribution in [2.75, 3.05) is 11.4 Å². The lowest BCUT2D eigenvalue weighted by Gasteiger charge is -2.28. The summed E-state index contributed by atoms with van der Waals surface area (Å²) >= 11 is 0. The van der Waals surface area contributed by atoms with Gasteiger partial charge in [0.1, 0.15) is 0 Å². The van der Waals surface area contributed by atoms with Crippen LogP contribution in [0.2, 0.25) is 0 Å². The number of aliphatic hydroxyl groups excluding tert-OH is 1. The molecule has 6 atom stereocenters. The number of amides is 3. The Morgan fingerprint density at radius 3 is 2.56 bits per heavy atom. The number of hydrogen-bond acceptors (Lipinski definition) is 4. The Labute approximate surface area is 229 Å². The molecule has 2 bridgehead atoms. The van der Waals surface area contributed by atoms with Gasteiger partial charge < -0.3 is 20.6 Å². The Kier molecular flexibility index (Phi) is 8.31. The molecule has 3 fully saturated rings. The normalized spacial score (nSPS) is 24.4. The summed E-state index contributed by atoms with van der Waals surface area (Å²) in [5.41, 5.74) is 0.813. The second kappa shape index (κ2) is 11.9. The third-order valence-electron chi connectivity index (χ3n) is 8.77. The third kappa shape index (κ3) is 6.16. The van der Waals surface area contributed by atoms with Crippen LogP contribution in [0.4, 0.5) is 10.1 Å². The first-order chi connectivity index (χ1) is 18.8. The van der Waals surface area contributed by atoms with E-state index in [0.29, 0.717) is 37.6 Å². The van der Waals surface area contributed by atoms with Crippen molar-refractivity contribution in [2.45, 2.75) is 76.5 Å². The van der Waals surface area contributed by atoms with E-state index < -0.39 is 29.8 Å². The van der Waals surface area contributed by atoms with Gasteiger partial charge in [-0.05, 0) is 68.1 Å². The van der Waals surface area contributed by atoms with Crippen LogP contribution in [0.5, 0.6) is 0 Å². The van der Waals surface area contributed by atoms with Gasteiger partial charge in [-0.3, -0.25) is 14.4 Å². The molecule has 1 heterocycles. The van der Waals surface area contributed by atoms with Crippen LogP contribution in [-0.4, -0.2) is 47.6 Å². The summed E-state index contributed by atoms with van der Waals surface area (Å²) in [6, 6.07) is 13.4. The highest BCUT2D eigenvalue weighted by Crippen LogP contribution is 2.44. The fourth-order valence-electron chi connectivity index (χ4n) is 6.58. The summed E-state index contributed by atoms with van der Waals surface area (Å²) in [6.07, 6.45) is 5.11. The van der Waals surface area contributed by atoms with Crippen LogP contribution < -0.4 is 15.5 Å². The van der Waals surface area contributed by atoms with Crippen LogP contribution in [-0.2, 0) is 16.0 Å². The Morgan fingerprint density at radius 1 is 1.10 bits per heavy atom. The van der Waals surface area contributed by atoms with Crippen LogP contribution in [0.15, 0.2) is 48.5 Å². The molecule has 0 spiro atoms. The zero-order chi connectivity index (χ0) is 27.5. The quantitative estimate of drug-likeness (QED) is 0.429. The summed E-state index contributed by atoms with van der Waals surface area (Å²) in [6.45, 7) is 2.21. The maximum Gasteiger partial charge on any atom is 0.254 e. The lowest BCUT2D eigenvalue weighted by Crippen LogP contribution is -2.47. The van der Waals surface area contributed by atoms with Crippen LogP contribution >= 0.6 is 0 Å². The molecule has 208 valence electrons. The molecule has 7 nitrogen and oxygen atoms in total. The van der Waals surface area contributed by atoms with Crippen molar-refractivity contribution < 1.29 is 23.9 Å². The van der Waals surface area contributed by atoms with Gasteiger partial charge in [0.25, 0.3) is 5.91 Å². The number of anilines is 1. The number of nitrogens with one attached hydrogen (secondary N) is 2. The fourth-order valence-corrected chi connectivity index (χ4v) is 6.58. The number of nitrogens with zero attached hydrogens (tertiary/aromatic N) is 1. The largest absolute Gasteiger partial charge is 0.391 e. The van der Waals surface area contributed by atoms with Crippen molar-refractivity contribution in [1.29, 1.82) is 0 Å². The monoisotopic (exact) mass is 535 g/mol. The molecule has 5 unspecified atom stereocenters. The topological polar surface area (TPSA) is 98.7 Å². The average Bonchev–Trinajstić information content (AvgIpc) is 3.66. The minimum Gasteiger partial charge on any atom is -0.391 e. The van der Waals surface area contributed by atoms with E-state index in [0.717, 1.165) is 12.0 Å². The van der Waals surface area contributed by atoms with Gasteiger partial charge in [0.15, 0.2) is 5.82 Å². The second-order valence-corrected chi connectivity index (χ2v) is 11.6. The predicted octanol–water partition coefficient (Wildman–Crippen LogP) is 3.99. The van der Waals surface area contributed by atoms with Crippen molar-refractivity contribution in [3.8, 4) is 0 Å². The first-order valence-electron chi connectivity index (χ1n) is 14.2. The van der Waals surface area contributed by atoms with Gasteiger partial charge in [0.2, 0.25) is 11.8 Å². The molecule has 3 N–H and O–H groups in total. The Morgan fingerprint density at radius 2 is 1.90 bits per heavy atom. The molecular formula is C31H38FN3O4. The number of aliphatic hydroxyl groups is 1. The van der Waals surface area contributed by atoms with Gasteiger partial charge >= 0.3 is 0 Å². The Hall–Kier alpha value is -3.26. The summed E-state index contributed by atoms with van der Waals surface area (Å²) in [4.78, 5) is 39.8. The second-order valence-electron chi connectivity index (χ2n) is 11.6. The molecule has 3 aliphatic rings. The van der Waals surface area contributed by atoms with Crippen molar-refractivity contribution >= 4 is 23.4 Å². The molecule has 0 aromatic heterocycles. The molecule has 1 aliphatic heterocycles. The van der Waals surface area contributed by atoms with E-state index in [1.165, 1.54) is 36.3 Å². The third-order valence-corrected chi connectivity index (χ3v) is 8.77. The number of hydrogen-bond donors (Lipinski definition) is 3. The molecular weight excluding hydrogens is 497 g/mol. The summed E-state index contributed by atoms with van der Waals surface area (Å²) in [5, 5.41) is 17.3. The first-order valence-corrected chi connectivity index (χ1v) is 14.2. The number of carbonyl (C=O) groups excluding carboxylic acids is 3. The Balaban J connectivity index is 1.28. The number of rotatable bonds is 10. The minimum absolute atomic E-state index is 0.0783. The van der Waals surface area contributed by atoms with Crippen LogP contribution in [0.3, 0.4) is 0 Å². The lowest BCUT2D eigenvalue weighted by molar-refractivity contribution is -0.126. The van der Waals surface area contributed by atoms with E-state index in [-0.39, 0.29) is 35.5 Å². The molecule has 3 amide bonds. The van der Waals surface area contributed by atoms with Crippen molar-refractivity contribution in [3.63, 3.8) is 0 Å². The molecule has 1 saturated heterocycles. The molecule has 39 heavy (non-hydrogen) atoms. The number of fused-ring (bicyclic) bond motifs is 2. The zero-order valence-corrected chi connectivity index (χ0v) is 22.4. The van der Waals surface area contributed by atoms with Gasteiger partial charge in [-0.15, -0.1) is 0 Å². The maximum absolute atomic E-state index is 15.4. The molecule has 2 saturated carbocycles. The number of halogens is 1. The van der Waals surface area contributed by atoms with Crippen LogP contribution in [0, 0.1) is 23.6 Å². The number of benzene rings is 2. The van der Waals surface area contributed by atoms with E-state index in [1.807, 2.05) is 30.3 Å². The SMILES string of the molecule is CC(CC(O)[C@H](Cc1ccccc1)NC(=O)c1cccc(N2CCCC2=O)c1F)C(=O)NC1CC2CCC1C2. The van der Waals surface area contributed by atoms with Crippen molar-refractivity contribution in [1.82, 2.24) is 10.6 Å². The highest BCUT2D eigenvalue weighted by molar-refractivity contribution is 5.99. The Bertz CT molecular complexity index is 1210. The predicted molar refractivity (Wildman–Crippen MR) is 147 cm³/mol. The lowest BCUT2D eigenvalue weighted by atomic mass is 9.91. The smallest absolute Gasteiger partial charge is 0.254 e. The molecule has 0 radical (unpaired) electrons. The summed E-state index contributed by atoms with van der Waals surface area (Å²) in [7, 11) is 0. The molecule has 2 aromatic carbocycles. The van der Waals surface area contributed by atoms with Gasteiger partial charge in [-0.2, -0.15) is 0 Å². The van der Waals surface area contributed by atoms with Crippen molar-refractivity contribution in [3.05, 3.63) is 65.5 Å². The first kappa shape index (κ1) is 27.3. The standard InChI is InChI=1S/C31H38FN3O4/c1-19(30(38)33-24-18-21-12-13-22(24)16-21)15-27(36)25(17-20-7-3-2-4-8-20)34-31(39)23-9-5-10-26(29(23)32)35-14-6-11-28(35)37/h2-5,7-10,19,21-22,24-25,27,36H,6,11-18H2,1H3,(H,33,38)(H,34,39)/t19?,21?,22?,24?,25-,27?/m0/s1. The van der Waals surface area contributed by atoms with Gasteiger partial charge in [-0.1, -0.05) is 49.7 Å². The molecule has 2 aliphatic carbocycles. The summed E-state index contributed by atoms with van der Waals surface area (Å²) < 4.78 is 15.4. The average molecular weight is 536 g/mol.